The summed E-state index contributed by atoms with van der Waals surface area (Å²) in [4.78, 5) is 12.8. The van der Waals surface area contributed by atoms with Gasteiger partial charge in [0.05, 0.1) is 23.5 Å². The molecular weight excluding hydrogens is 350 g/mol. The average molecular weight is 369 g/mol. The van der Waals surface area contributed by atoms with Crippen molar-refractivity contribution in [1.29, 1.82) is 0 Å². The van der Waals surface area contributed by atoms with Crippen LogP contribution in [-0.4, -0.2) is 21.0 Å². The van der Waals surface area contributed by atoms with Gasteiger partial charge in [0.25, 0.3) is 10.0 Å². The van der Waals surface area contributed by atoms with E-state index in [0.29, 0.717) is 5.56 Å². The van der Waals surface area contributed by atoms with Crippen molar-refractivity contribution >= 4 is 43.7 Å². The summed E-state index contributed by atoms with van der Waals surface area (Å²) in [5, 5.41) is 0.199. The third-order valence-corrected chi connectivity index (χ3v) is 6.14. The van der Waals surface area contributed by atoms with Crippen molar-refractivity contribution in [2.75, 3.05) is 22.8 Å². The van der Waals surface area contributed by atoms with Gasteiger partial charge in [-0.25, -0.2) is 13.2 Å². The fourth-order valence-corrected chi connectivity index (χ4v) is 4.64. The number of nitrogen functional groups attached to an aromatic ring is 2. The van der Waals surface area contributed by atoms with Crippen LogP contribution in [0.4, 0.5) is 16.4 Å². The first-order valence-electron chi connectivity index (χ1n) is 7.13. The summed E-state index contributed by atoms with van der Waals surface area (Å²) in [5.41, 5.74) is 12.5. The predicted molar refractivity (Wildman–Crippen MR) is 95.8 cm³/mol. The molecule has 24 heavy (non-hydrogen) atoms. The fourth-order valence-electron chi connectivity index (χ4n) is 2.12. The van der Waals surface area contributed by atoms with Crippen molar-refractivity contribution in [3.05, 3.63) is 34.2 Å². The number of aryl methyl sites for hydroxylation is 1. The molecule has 0 bridgehead atoms. The number of para-hydroxylation sites is 1. The Kier molecular flexibility index (Phi) is 5.05. The Hall–Kier alpha value is -2.26. The maximum Gasteiger partial charge on any atom is 0.341 e. The molecule has 0 spiro atoms. The topological polar surface area (TPSA) is 125 Å². The van der Waals surface area contributed by atoms with Crippen LogP contribution in [0.3, 0.4) is 0 Å². The highest BCUT2D eigenvalue weighted by Crippen LogP contribution is 2.35. The van der Waals surface area contributed by atoms with Gasteiger partial charge >= 0.3 is 5.97 Å². The fraction of sp³-hybridized carbons (Fsp3) is 0.267. The molecule has 1 heterocycles. The number of esters is 1. The van der Waals surface area contributed by atoms with Crippen molar-refractivity contribution in [2.45, 2.75) is 25.7 Å². The Morgan fingerprint density at radius 3 is 2.58 bits per heavy atom. The highest BCUT2D eigenvalue weighted by atomic mass is 32.2. The number of sulfonamides is 1. The smallest absolute Gasteiger partial charge is 0.341 e. The second kappa shape index (κ2) is 6.70. The van der Waals surface area contributed by atoms with E-state index in [1.807, 2.05) is 0 Å². The molecule has 130 valence electrons. The molecule has 1 aromatic carbocycles. The zero-order chi connectivity index (χ0) is 18.1. The van der Waals surface area contributed by atoms with Crippen LogP contribution in [0.5, 0.6) is 0 Å². The summed E-state index contributed by atoms with van der Waals surface area (Å²) < 4.78 is 32.7. The maximum absolute atomic E-state index is 12.6. The highest BCUT2D eigenvalue weighted by molar-refractivity contribution is 7.93. The Labute approximate surface area is 144 Å². The van der Waals surface area contributed by atoms with Crippen LogP contribution in [0.25, 0.3) is 0 Å². The molecule has 1 aromatic heterocycles. The number of rotatable bonds is 5. The first-order chi connectivity index (χ1) is 11.2. The van der Waals surface area contributed by atoms with Gasteiger partial charge in [-0.2, -0.15) is 0 Å². The van der Waals surface area contributed by atoms with Gasteiger partial charge in [0.1, 0.15) is 9.90 Å². The minimum Gasteiger partial charge on any atom is -0.462 e. The molecule has 0 aliphatic heterocycles. The summed E-state index contributed by atoms with van der Waals surface area (Å²) >= 11 is 1.16. The van der Waals surface area contributed by atoms with Crippen molar-refractivity contribution in [3.63, 3.8) is 0 Å². The molecule has 2 aromatic rings. The third-order valence-electron chi connectivity index (χ3n) is 3.48. The lowest BCUT2D eigenvalue weighted by Gasteiger charge is -2.11. The van der Waals surface area contributed by atoms with Crippen LogP contribution in [0.15, 0.2) is 23.1 Å². The van der Waals surface area contributed by atoms with Crippen LogP contribution >= 0.6 is 11.3 Å². The van der Waals surface area contributed by atoms with Crippen LogP contribution in [0.1, 0.15) is 27.7 Å². The normalized spacial score (nSPS) is 11.3. The molecule has 0 amide bonds. The molecule has 0 aliphatic carbocycles. The average Bonchev–Trinajstić information content (AvgIpc) is 2.76. The summed E-state index contributed by atoms with van der Waals surface area (Å²) in [6, 6.07) is 4.36. The van der Waals surface area contributed by atoms with E-state index < -0.39 is 16.0 Å². The molecule has 2 rings (SSSR count). The Balaban J connectivity index is 2.49. The number of benzene rings is 1. The molecule has 5 N–H and O–H groups in total. The van der Waals surface area contributed by atoms with Crippen molar-refractivity contribution in [2.24, 2.45) is 0 Å². The zero-order valence-corrected chi connectivity index (χ0v) is 15.2. The standard InChI is InChI=1S/C15H19N3O4S2/c1-4-22-15(19)12-8(2)9(3)23-14(12)18-24(20,21)11-7-5-6-10(16)13(11)17/h5-7,18H,4,16-17H2,1-3H3. The van der Waals surface area contributed by atoms with E-state index in [-0.39, 0.29) is 33.4 Å². The first kappa shape index (κ1) is 18.1. The van der Waals surface area contributed by atoms with Crippen LogP contribution in [0.2, 0.25) is 0 Å². The summed E-state index contributed by atoms with van der Waals surface area (Å²) in [6.07, 6.45) is 0. The molecular formula is C15H19N3O4S2. The van der Waals surface area contributed by atoms with E-state index in [9.17, 15) is 13.2 Å². The molecule has 0 radical (unpaired) electrons. The van der Waals surface area contributed by atoms with E-state index in [2.05, 4.69) is 4.72 Å². The second-order valence-electron chi connectivity index (χ2n) is 5.07. The van der Waals surface area contributed by atoms with Gasteiger partial charge in [-0.3, -0.25) is 4.72 Å². The molecule has 7 nitrogen and oxygen atoms in total. The number of hydrogen-bond acceptors (Lipinski definition) is 7. The van der Waals surface area contributed by atoms with E-state index >= 15 is 0 Å². The van der Waals surface area contributed by atoms with E-state index in [1.54, 1.807) is 20.8 Å². The van der Waals surface area contributed by atoms with Gasteiger partial charge < -0.3 is 16.2 Å². The number of carbonyl (C=O) groups is 1. The first-order valence-corrected chi connectivity index (χ1v) is 9.42. The monoisotopic (exact) mass is 369 g/mol. The Morgan fingerprint density at radius 1 is 1.29 bits per heavy atom. The molecule has 0 atom stereocenters. The molecule has 9 heteroatoms. The van der Waals surface area contributed by atoms with E-state index in [1.165, 1.54) is 18.2 Å². The summed E-state index contributed by atoms with van der Waals surface area (Å²) in [5.74, 6) is -0.572. The lowest BCUT2D eigenvalue weighted by Crippen LogP contribution is -2.17. The van der Waals surface area contributed by atoms with Crippen LogP contribution in [0, 0.1) is 13.8 Å². The van der Waals surface area contributed by atoms with Crippen LogP contribution in [-0.2, 0) is 14.8 Å². The number of carbonyl (C=O) groups excluding carboxylic acids is 1. The quantitative estimate of drug-likeness (QED) is 0.549. The third kappa shape index (κ3) is 3.31. The summed E-state index contributed by atoms with van der Waals surface area (Å²) in [6.45, 7) is 5.42. The number of nitrogens with one attached hydrogen (secondary N) is 1. The largest absolute Gasteiger partial charge is 0.462 e. The molecule has 0 unspecified atom stereocenters. The Bertz CT molecular complexity index is 888. The molecule has 0 aliphatic rings. The van der Waals surface area contributed by atoms with Crippen molar-refractivity contribution in [1.82, 2.24) is 0 Å². The SMILES string of the molecule is CCOC(=O)c1c(NS(=O)(=O)c2cccc(N)c2N)sc(C)c1C. The van der Waals surface area contributed by atoms with Gasteiger partial charge in [-0.1, -0.05) is 6.07 Å². The minimum atomic E-state index is -3.99. The number of anilines is 3. The molecule has 0 saturated heterocycles. The number of hydrogen-bond donors (Lipinski definition) is 3. The van der Waals surface area contributed by atoms with Crippen molar-refractivity contribution < 1.29 is 17.9 Å². The lowest BCUT2D eigenvalue weighted by atomic mass is 10.2. The van der Waals surface area contributed by atoms with E-state index in [4.69, 9.17) is 16.2 Å². The number of ether oxygens (including phenoxy) is 1. The summed E-state index contributed by atoms with van der Waals surface area (Å²) in [7, 11) is -3.99. The second-order valence-corrected chi connectivity index (χ2v) is 7.95. The van der Waals surface area contributed by atoms with Crippen molar-refractivity contribution in [3.8, 4) is 0 Å². The lowest BCUT2D eigenvalue weighted by molar-refractivity contribution is 0.0527. The van der Waals surface area contributed by atoms with Gasteiger partial charge in [0.15, 0.2) is 0 Å². The maximum atomic E-state index is 12.6. The predicted octanol–water partition coefficient (Wildman–Crippen LogP) is 2.51. The number of thiophene rings is 1. The zero-order valence-electron chi connectivity index (χ0n) is 13.5. The van der Waals surface area contributed by atoms with Crippen LogP contribution < -0.4 is 16.2 Å². The van der Waals surface area contributed by atoms with Gasteiger partial charge in [0, 0.05) is 4.88 Å². The van der Waals surface area contributed by atoms with Gasteiger partial charge in [-0.15, -0.1) is 11.3 Å². The molecule has 0 saturated carbocycles. The van der Waals surface area contributed by atoms with Gasteiger partial charge in [-0.05, 0) is 38.5 Å². The highest BCUT2D eigenvalue weighted by Gasteiger charge is 2.26. The number of nitrogens with two attached hydrogens (primary N) is 2. The van der Waals surface area contributed by atoms with E-state index in [0.717, 1.165) is 16.2 Å². The Morgan fingerprint density at radius 2 is 1.96 bits per heavy atom. The minimum absolute atomic E-state index is 0.0346. The van der Waals surface area contributed by atoms with Gasteiger partial charge in [0.2, 0.25) is 0 Å². The molecule has 0 fully saturated rings.